The first kappa shape index (κ1) is 29.4. The molecule has 8 heteroatoms. The number of carbonyl (C=O) groups is 2. The Kier molecular flexibility index (Phi) is 9.05. The average Bonchev–Trinajstić information content (AvgIpc) is 3.55. The fourth-order valence-corrected chi connectivity index (χ4v) is 5.84. The predicted molar refractivity (Wildman–Crippen MR) is 168 cm³/mol. The van der Waals surface area contributed by atoms with Crippen LogP contribution in [0.2, 0.25) is 0 Å². The first-order valence-corrected chi connectivity index (χ1v) is 14.4. The molecule has 1 aliphatic carbocycles. The second kappa shape index (κ2) is 13.2. The van der Waals surface area contributed by atoms with Crippen LogP contribution in [-0.4, -0.2) is 41.7 Å². The van der Waals surface area contributed by atoms with Crippen molar-refractivity contribution in [1.82, 2.24) is 19.5 Å². The predicted octanol–water partition coefficient (Wildman–Crippen LogP) is 7.10. The van der Waals surface area contributed by atoms with Crippen LogP contribution in [0.25, 0.3) is 32.6 Å². The molecule has 1 aliphatic rings. The Morgan fingerprint density at radius 2 is 1.49 bits per heavy atom. The van der Waals surface area contributed by atoms with Crippen LogP contribution in [0.1, 0.15) is 49.4 Å². The van der Waals surface area contributed by atoms with Crippen molar-refractivity contribution < 1.29 is 19.8 Å². The first-order valence-electron chi connectivity index (χ1n) is 14.4. The van der Waals surface area contributed by atoms with Crippen molar-refractivity contribution in [2.24, 2.45) is 5.92 Å². The maximum atomic E-state index is 9.10. The molecule has 1 unspecified atom stereocenters. The summed E-state index contributed by atoms with van der Waals surface area (Å²) < 4.78 is 2.14. The second-order valence-corrected chi connectivity index (χ2v) is 10.9. The number of hydrogen-bond acceptors (Lipinski definition) is 5. The number of aliphatic carboxylic acids is 2. The molecule has 7 rings (SSSR count). The summed E-state index contributed by atoms with van der Waals surface area (Å²) in [6.07, 6.45) is 14.4. The van der Waals surface area contributed by atoms with Crippen molar-refractivity contribution in [2.45, 2.75) is 45.6 Å². The highest BCUT2D eigenvalue weighted by molar-refractivity contribution is 6.27. The Balaban J connectivity index is 0.000000145. The van der Waals surface area contributed by atoms with Crippen LogP contribution in [0.3, 0.4) is 0 Å². The number of fused-ring (bicyclic) bond motifs is 6. The maximum Gasteiger partial charge on any atom is 0.414 e. The van der Waals surface area contributed by atoms with Gasteiger partial charge in [-0.25, -0.2) is 14.6 Å². The Labute approximate surface area is 249 Å². The molecule has 0 radical (unpaired) electrons. The van der Waals surface area contributed by atoms with Gasteiger partial charge in [0.2, 0.25) is 0 Å². The minimum atomic E-state index is -1.82. The van der Waals surface area contributed by atoms with Gasteiger partial charge in [-0.3, -0.25) is 9.97 Å². The van der Waals surface area contributed by atoms with E-state index in [-0.39, 0.29) is 6.04 Å². The molecule has 43 heavy (non-hydrogen) atoms. The van der Waals surface area contributed by atoms with E-state index in [4.69, 9.17) is 19.8 Å². The summed E-state index contributed by atoms with van der Waals surface area (Å²) in [5.41, 5.74) is 6.28. The summed E-state index contributed by atoms with van der Waals surface area (Å²) in [6, 6.07) is 24.5. The Morgan fingerprint density at radius 1 is 0.767 bits per heavy atom. The molecule has 2 N–H and O–H groups in total. The van der Waals surface area contributed by atoms with E-state index in [0.29, 0.717) is 5.92 Å². The molecule has 6 aromatic rings. The highest BCUT2D eigenvalue weighted by Crippen LogP contribution is 2.33. The van der Waals surface area contributed by atoms with E-state index < -0.39 is 11.9 Å². The summed E-state index contributed by atoms with van der Waals surface area (Å²) in [5.74, 6) is -3.17. The second-order valence-electron chi connectivity index (χ2n) is 10.9. The zero-order valence-corrected chi connectivity index (χ0v) is 24.2. The summed E-state index contributed by atoms with van der Waals surface area (Å²) >= 11 is 0. The molecule has 0 fully saturated rings. The van der Waals surface area contributed by atoms with Crippen molar-refractivity contribution in [3.8, 4) is 0 Å². The van der Waals surface area contributed by atoms with Gasteiger partial charge in [0.25, 0.3) is 0 Å². The number of imidazole rings is 1. The Morgan fingerprint density at radius 3 is 2.21 bits per heavy atom. The van der Waals surface area contributed by atoms with Crippen molar-refractivity contribution in [3.63, 3.8) is 0 Å². The van der Waals surface area contributed by atoms with Gasteiger partial charge in [-0.2, -0.15) is 0 Å². The standard InChI is InChI=1S/C18H16.C15H16N4.C2H2O4/c1-3-7-15-13(5-1)9-11-18-16-8-4-2-6-14(16)10-12-17(15)18;1-11(2)15(19-8-7-16-10-19)12-3-4-13-14(9-12)18-6-5-17-13;3-1(4)2(5)6/h1,3,5,7,9-12H,2,4,6,8H2;3-11,15H,1-2H3;(H,3,4)(H,5,6). The van der Waals surface area contributed by atoms with Gasteiger partial charge in [0.1, 0.15) is 0 Å². The van der Waals surface area contributed by atoms with E-state index in [1.54, 1.807) is 23.5 Å². The Bertz CT molecular complexity index is 1870. The third-order valence-corrected chi connectivity index (χ3v) is 7.75. The number of aromatic nitrogens is 4. The van der Waals surface area contributed by atoms with Crippen LogP contribution in [0.5, 0.6) is 0 Å². The first-order chi connectivity index (χ1) is 20.8. The smallest absolute Gasteiger partial charge is 0.414 e. The summed E-state index contributed by atoms with van der Waals surface area (Å²) in [4.78, 5) is 31.0. The molecule has 4 aromatic carbocycles. The molecule has 0 spiro atoms. The number of benzene rings is 4. The average molecular weight is 575 g/mol. The van der Waals surface area contributed by atoms with Crippen LogP contribution in [0.15, 0.2) is 97.8 Å². The van der Waals surface area contributed by atoms with Gasteiger partial charge < -0.3 is 14.8 Å². The maximum absolute atomic E-state index is 9.10. The molecule has 0 saturated heterocycles. The molecule has 8 nitrogen and oxygen atoms in total. The number of rotatable bonds is 3. The summed E-state index contributed by atoms with van der Waals surface area (Å²) in [5, 5.41) is 20.4. The van der Waals surface area contributed by atoms with Crippen LogP contribution in [0.4, 0.5) is 0 Å². The number of nitrogens with zero attached hydrogens (tertiary/aromatic N) is 4. The fourth-order valence-electron chi connectivity index (χ4n) is 5.84. The third kappa shape index (κ3) is 6.70. The zero-order chi connectivity index (χ0) is 30.3. The molecule has 218 valence electrons. The Hall–Kier alpha value is -5.11. The molecule has 0 saturated carbocycles. The van der Waals surface area contributed by atoms with Gasteiger partial charge in [0.15, 0.2) is 0 Å². The molecular formula is C35H34N4O4. The molecule has 0 aliphatic heterocycles. The molecule has 0 amide bonds. The lowest BCUT2D eigenvalue weighted by molar-refractivity contribution is -0.159. The third-order valence-electron chi connectivity index (χ3n) is 7.75. The number of carboxylic acid groups (broad SMARTS) is 2. The molecule has 2 aromatic heterocycles. The lowest BCUT2D eigenvalue weighted by Crippen LogP contribution is -2.15. The molecule has 0 bridgehead atoms. The SMILES string of the molecule is CC(C)C(c1ccc2nccnc2c1)n1ccnc1.O=C(O)C(=O)O.c1ccc2c(c1)ccc1c3c(ccc12)CCCC3. The van der Waals surface area contributed by atoms with E-state index in [1.807, 2.05) is 24.8 Å². The van der Waals surface area contributed by atoms with Gasteiger partial charge >= 0.3 is 11.9 Å². The monoisotopic (exact) mass is 574 g/mol. The quantitative estimate of drug-likeness (QED) is 0.171. The van der Waals surface area contributed by atoms with Gasteiger partial charge in [0, 0.05) is 24.8 Å². The normalized spacial score (nSPS) is 13.0. The number of carboxylic acids is 2. The number of hydrogen-bond donors (Lipinski definition) is 2. The van der Waals surface area contributed by atoms with Gasteiger partial charge in [-0.15, -0.1) is 0 Å². The van der Waals surface area contributed by atoms with Gasteiger partial charge in [-0.1, -0.05) is 68.4 Å². The minimum Gasteiger partial charge on any atom is -0.473 e. The van der Waals surface area contributed by atoms with Crippen LogP contribution in [0, 0.1) is 5.92 Å². The topological polar surface area (TPSA) is 118 Å². The number of aryl methyl sites for hydroxylation is 2. The zero-order valence-electron chi connectivity index (χ0n) is 24.2. The highest BCUT2D eigenvalue weighted by atomic mass is 16.4. The fraction of sp³-hybridized carbons (Fsp3) is 0.229. The van der Waals surface area contributed by atoms with Crippen LogP contribution in [-0.2, 0) is 22.4 Å². The van der Waals surface area contributed by atoms with Crippen molar-refractivity contribution >= 4 is 44.5 Å². The van der Waals surface area contributed by atoms with Gasteiger partial charge in [0.05, 0.1) is 23.4 Å². The van der Waals surface area contributed by atoms with E-state index in [0.717, 1.165) is 11.0 Å². The van der Waals surface area contributed by atoms with Crippen LogP contribution < -0.4 is 0 Å². The molecular weight excluding hydrogens is 540 g/mol. The van der Waals surface area contributed by atoms with Crippen LogP contribution >= 0.6 is 0 Å². The largest absolute Gasteiger partial charge is 0.473 e. The van der Waals surface area contributed by atoms with E-state index in [2.05, 4.69) is 94.0 Å². The van der Waals surface area contributed by atoms with Gasteiger partial charge in [-0.05, 0) is 82.0 Å². The lowest BCUT2D eigenvalue weighted by atomic mass is 9.86. The van der Waals surface area contributed by atoms with E-state index in [1.165, 1.54) is 52.8 Å². The highest BCUT2D eigenvalue weighted by Gasteiger charge is 2.18. The van der Waals surface area contributed by atoms with Crippen molar-refractivity contribution in [3.05, 3.63) is 115 Å². The summed E-state index contributed by atoms with van der Waals surface area (Å²) in [6.45, 7) is 4.43. The molecule has 2 heterocycles. The van der Waals surface area contributed by atoms with E-state index >= 15 is 0 Å². The summed E-state index contributed by atoms with van der Waals surface area (Å²) in [7, 11) is 0. The lowest BCUT2D eigenvalue weighted by Gasteiger charge is -2.23. The van der Waals surface area contributed by atoms with Crippen molar-refractivity contribution in [2.75, 3.05) is 0 Å². The minimum absolute atomic E-state index is 0.272. The van der Waals surface area contributed by atoms with Crippen molar-refractivity contribution in [1.29, 1.82) is 0 Å². The molecule has 1 atom stereocenters. The van der Waals surface area contributed by atoms with E-state index in [9.17, 15) is 0 Å².